The molecule has 1 aromatic heterocycles. The summed E-state index contributed by atoms with van der Waals surface area (Å²) in [7, 11) is 0. The first-order valence-corrected chi connectivity index (χ1v) is 13.8. The molecule has 1 N–H and O–H groups in total. The molecule has 40 heavy (non-hydrogen) atoms. The number of anilines is 1. The Kier molecular flexibility index (Phi) is 6.75. The number of urea groups is 1. The zero-order valence-electron chi connectivity index (χ0n) is 22.4. The largest absolute Gasteiger partial charge is 0.494 e. The zero-order valence-corrected chi connectivity index (χ0v) is 22.4. The van der Waals surface area contributed by atoms with E-state index in [1.165, 1.54) is 0 Å². The number of aromatic nitrogens is 1. The summed E-state index contributed by atoms with van der Waals surface area (Å²) in [5, 5.41) is 2.49. The highest BCUT2D eigenvalue weighted by Crippen LogP contribution is 2.39. The maximum absolute atomic E-state index is 14.4. The molecule has 2 fully saturated rings. The fourth-order valence-corrected chi connectivity index (χ4v) is 6.56. The van der Waals surface area contributed by atoms with Crippen LogP contribution in [0.15, 0.2) is 77.6 Å². The second kappa shape index (κ2) is 10.4. The first-order valence-electron chi connectivity index (χ1n) is 13.8. The lowest BCUT2D eigenvalue weighted by Crippen LogP contribution is -2.68. The number of carbonyl (C=O) groups excluding carboxylic acids is 3. The van der Waals surface area contributed by atoms with Crippen LogP contribution in [0.3, 0.4) is 0 Å². The molecule has 0 radical (unpaired) electrons. The minimum atomic E-state index is -1.53. The van der Waals surface area contributed by atoms with E-state index in [0.29, 0.717) is 37.7 Å². The van der Waals surface area contributed by atoms with Crippen LogP contribution in [-0.4, -0.2) is 53.6 Å². The average molecular weight is 541 g/mol. The number of amides is 4. The van der Waals surface area contributed by atoms with Crippen molar-refractivity contribution in [2.45, 2.75) is 32.2 Å². The smallest absolute Gasteiger partial charge is 0.335 e. The summed E-state index contributed by atoms with van der Waals surface area (Å²) in [6.45, 7) is 4.48. The maximum atomic E-state index is 14.4. The van der Waals surface area contributed by atoms with Gasteiger partial charge in [0.15, 0.2) is 0 Å². The fourth-order valence-electron chi connectivity index (χ4n) is 6.56. The van der Waals surface area contributed by atoms with Crippen LogP contribution in [0.25, 0.3) is 0 Å². The highest BCUT2D eigenvalue weighted by atomic mass is 16.5. The number of nitrogens with zero attached hydrogens (tertiary/aromatic N) is 3. The van der Waals surface area contributed by atoms with Crippen molar-refractivity contribution in [3.8, 4) is 5.75 Å². The molecular formula is C31H32N4O5. The molecule has 3 aliphatic rings. The minimum Gasteiger partial charge on any atom is -0.494 e. The lowest BCUT2D eigenvalue weighted by molar-refractivity contribution is -0.144. The molecule has 4 heterocycles. The van der Waals surface area contributed by atoms with E-state index in [0.717, 1.165) is 22.6 Å². The van der Waals surface area contributed by atoms with Crippen LogP contribution in [0.1, 0.15) is 30.5 Å². The number of likely N-dealkylation sites (tertiary alicyclic amines) is 1. The van der Waals surface area contributed by atoms with E-state index in [4.69, 9.17) is 4.74 Å². The fraction of sp³-hybridized carbons (Fsp3) is 0.355. The second-order valence-corrected chi connectivity index (χ2v) is 11.0. The second-order valence-electron chi connectivity index (χ2n) is 11.0. The summed E-state index contributed by atoms with van der Waals surface area (Å²) in [5.41, 5.74) is 0.681. The number of nitrogens with one attached hydrogen (secondary N) is 1. The van der Waals surface area contributed by atoms with E-state index < -0.39 is 23.3 Å². The van der Waals surface area contributed by atoms with E-state index >= 15 is 0 Å². The van der Waals surface area contributed by atoms with Gasteiger partial charge in [0, 0.05) is 43.9 Å². The SMILES string of the molecule is CCOc1ccc(C[C@@]2(CN3C[C@@H]4C[C@@H](C3)c3cccc(=O)n3C4)C(=O)NC(=O)N(c3ccccc3)C2=O)cc1. The van der Waals surface area contributed by atoms with Crippen LogP contribution in [0.4, 0.5) is 10.5 Å². The van der Waals surface area contributed by atoms with Crippen molar-refractivity contribution in [1.82, 2.24) is 14.8 Å². The molecule has 0 spiro atoms. The summed E-state index contributed by atoms with van der Waals surface area (Å²) in [4.78, 5) is 56.9. The molecular weight excluding hydrogens is 508 g/mol. The Morgan fingerprint density at radius 1 is 0.900 bits per heavy atom. The van der Waals surface area contributed by atoms with Gasteiger partial charge in [-0.3, -0.25) is 19.7 Å². The van der Waals surface area contributed by atoms with Crippen molar-refractivity contribution >= 4 is 23.5 Å². The van der Waals surface area contributed by atoms with Gasteiger partial charge in [0.05, 0.1) is 12.3 Å². The number of para-hydroxylation sites is 1. The van der Waals surface area contributed by atoms with E-state index in [9.17, 15) is 19.2 Å². The summed E-state index contributed by atoms with van der Waals surface area (Å²) in [6, 6.07) is 20.7. The van der Waals surface area contributed by atoms with Crippen molar-refractivity contribution in [1.29, 1.82) is 0 Å². The molecule has 0 unspecified atom stereocenters. The van der Waals surface area contributed by atoms with Gasteiger partial charge in [0.25, 0.3) is 11.5 Å². The summed E-state index contributed by atoms with van der Waals surface area (Å²) in [5.74, 6) is -0.0665. The van der Waals surface area contributed by atoms with Crippen LogP contribution >= 0.6 is 0 Å². The number of barbiturate groups is 1. The van der Waals surface area contributed by atoms with E-state index in [1.54, 1.807) is 36.4 Å². The Morgan fingerprint density at radius 3 is 2.42 bits per heavy atom. The number of piperidine rings is 1. The third kappa shape index (κ3) is 4.60. The number of rotatable bonds is 7. The minimum absolute atomic E-state index is 0.00599. The summed E-state index contributed by atoms with van der Waals surface area (Å²) >= 11 is 0. The number of benzene rings is 2. The van der Waals surface area contributed by atoms with Crippen molar-refractivity contribution < 1.29 is 19.1 Å². The number of fused-ring (bicyclic) bond motifs is 4. The van der Waals surface area contributed by atoms with Crippen LogP contribution < -0.4 is 20.5 Å². The lowest BCUT2D eigenvalue weighted by Gasteiger charge is -2.47. The number of carbonyl (C=O) groups is 3. The maximum Gasteiger partial charge on any atom is 0.335 e. The molecule has 4 amide bonds. The highest BCUT2D eigenvalue weighted by Gasteiger charge is 2.55. The van der Waals surface area contributed by atoms with Crippen LogP contribution in [0, 0.1) is 11.3 Å². The normalized spacial score (nSPS) is 24.4. The van der Waals surface area contributed by atoms with Gasteiger partial charge in [-0.1, -0.05) is 36.4 Å². The molecule has 3 aromatic rings. The van der Waals surface area contributed by atoms with Crippen LogP contribution in [0.5, 0.6) is 5.75 Å². The quantitative estimate of drug-likeness (QED) is 0.462. The van der Waals surface area contributed by atoms with Gasteiger partial charge in [-0.05, 0) is 61.6 Å². The van der Waals surface area contributed by atoms with E-state index in [1.807, 2.05) is 47.9 Å². The molecule has 0 aliphatic carbocycles. The van der Waals surface area contributed by atoms with Gasteiger partial charge in [-0.25, -0.2) is 9.69 Å². The van der Waals surface area contributed by atoms with E-state index in [-0.39, 0.29) is 30.4 Å². The monoisotopic (exact) mass is 540 g/mol. The number of hydrogen-bond acceptors (Lipinski definition) is 6. The van der Waals surface area contributed by atoms with Gasteiger partial charge in [-0.15, -0.1) is 0 Å². The third-order valence-corrected chi connectivity index (χ3v) is 8.27. The molecule has 2 saturated heterocycles. The van der Waals surface area contributed by atoms with Crippen LogP contribution in [0.2, 0.25) is 0 Å². The third-order valence-electron chi connectivity index (χ3n) is 8.27. The number of imide groups is 2. The number of pyridine rings is 1. The van der Waals surface area contributed by atoms with Gasteiger partial charge >= 0.3 is 6.03 Å². The predicted octanol–water partition coefficient (Wildman–Crippen LogP) is 3.18. The van der Waals surface area contributed by atoms with Gasteiger partial charge in [0.1, 0.15) is 11.2 Å². The molecule has 9 nitrogen and oxygen atoms in total. The first kappa shape index (κ1) is 26.0. The van der Waals surface area contributed by atoms with Crippen LogP contribution in [-0.2, 0) is 22.6 Å². The summed E-state index contributed by atoms with van der Waals surface area (Å²) in [6.07, 6.45) is 1.09. The van der Waals surface area contributed by atoms with Gasteiger partial charge in [-0.2, -0.15) is 0 Å². The number of ether oxygens (including phenoxy) is 1. The molecule has 6 rings (SSSR count). The van der Waals surface area contributed by atoms with Crippen molar-refractivity contribution in [2.24, 2.45) is 11.3 Å². The molecule has 0 saturated carbocycles. The van der Waals surface area contributed by atoms with Gasteiger partial charge < -0.3 is 14.2 Å². The molecule has 2 aromatic carbocycles. The Labute approximate surface area is 232 Å². The van der Waals surface area contributed by atoms with Crippen molar-refractivity contribution in [2.75, 3.05) is 31.1 Å². The summed E-state index contributed by atoms with van der Waals surface area (Å²) < 4.78 is 7.44. The Morgan fingerprint density at radius 2 is 1.68 bits per heavy atom. The number of hydrogen-bond donors (Lipinski definition) is 1. The topological polar surface area (TPSA) is 101 Å². The standard InChI is InChI=1S/C31H32N4O5/c1-2-40-25-13-11-21(12-14-25)16-31(28(37)32-30(39)35(29(31)38)24-7-4-3-5-8-24)20-33-17-22-15-23(19-33)26-9-6-10-27(36)34(26)18-22/h3-14,22-23H,2,15-20H2,1H3,(H,32,37,39)/t22-,23-,31+/m0/s1. The Bertz CT molecular complexity index is 1500. The molecule has 206 valence electrons. The van der Waals surface area contributed by atoms with Crippen molar-refractivity contribution in [3.63, 3.8) is 0 Å². The molecule has 3 aliphatic heterocycles. The molecule has 3 atom stereocenters. The Hall–Kier alpha value is -4.24. The lowest BCUT2D eigenvalue weighted by atomic mass is 9.75. The first-order chi connectivity index (χ1) is 19.4. The highest BCUT2D eigenvalue weighted by molar-refractivity contribution is 6.30. The Balaban J connectivity index is 1.36. The van der Waals surface area contributed by atoms with E-state index in [2.05, 4.69) is 10.2 Å². The van der Waals surface area contributed by atoms with Gasteiger partial charge in [0.2, 0.25) is 5.91 Å². The molecule has 2 bridgehead atoms. The average Bonchev–Trinajstić information content (AvgIpc) is 2.94. The predicted molar refractivity (Wildman–Crippen MR) is 149 cm³/mol. The van der Waals surface area contributed by atoms with Crippen molar-refractivity contribution in [3.05, 3.63) is 94.4 Å². The zero-order chi connectivity index (χ0) is 27.9. The molecule has 9 heteroatoms.